The SMILES string of the molecule is CCCCN1CCCN(C(=O)c2cccc(S)c2)CC(Oc2cc(-c3c(C)cccc3C)nc(N)n2)C1. The van der Waals surface area contributed by atoms with Crippen molar-refractivity contribution in [1.82, 2.24) is 19.8 Å². The molecule has 1 saturated heterocycles. The van der Waals surface area contributed by atoms with Gasteiger partial charge in [0.2, 0.25) is 11.8 Å². The van der Waals surface area contributed by atoms with Gasteiger partial charge in [0.1, 0.15) is 6.10 Å². The Bertz CT molecular complexity index is 1210. The fourth-order valence-corrected chi connectivity index (χ4v) is 5.17. The fraction of sp³-hybridized carbons (Fsp3) is 0.414. The Labute approximate surface area is 225 Å². The lowest BCUT2D eigenvalue weighted by molar-refractivity contribution is 0.0484. The van der Waals surface area contributed by atoms with Crippen LogP contribution in [0.3, 0.4) is 0 Å². The topological polar surface area (TPSA) is 84.6 Å². The molecule has 1 aliphatic heterocycles. The number of hydrogen-bond acceptors (Lipinski definition) is 7. The van der Waals surface area contributed by atoms with Crippen LogP contribution < -0.4 is 10.5 Å². The van der Waals surface area contributed by atoms with Gasteiger partial charge in [0.25, 0.3) is 5.91 Å². The largest absolute Gasteiger partial charge is 0.471 e. The van der Waals surface area contributed by atoms with Crippen molar-refractivity contribution in [2.75, 3.05) is 38.5 Å². The van der Waals surface area contributed by atoms with Gasteiger partial charge in [0, 0.05) is 35.2 Å². The van der Waals surface area contributed by atoms with Crippen molar-refractivity contribution < 1.29 is 9.53 Å². The van der Waals surface area contributed by atoms with Gasteiger partial charge in [-0.3, -0.25) is 9.69 Å². The highest BCUT2D eigenvalue weighted by molar-refractivity contribution is 7.80. The van der Waals surface area contributed by atoms with Crippen molar-refractivity contribution in [1.29, 1.82) is 0 Å². The molecule has 2 aromatic carbocycles. The van der Waals surface area contributed by atoms with E-state index in [1.807, 2.05) is 41.3 Å². The van der Waals surface area contributed by atoms with E-state index in [1.165, 1.54) is 0 Å². The first-order chi connectivity index (χ1) is 17.8. The van der Waals surface area contributed by atoms with E-state index >= 15 is 0 Å². The summed E-state index contributed by atoms with van der Waals surface area (Å²) in [4.78, 5) is 27.4. The maximum absolute atomic E-state index is 13.4. The third kappa shape index (κ3) is 7.02. The van der Waals surface area contributed by atoms with E-state index in [4.69, 9.17) is 10.5 Å². The summed E-state index contributed by atoms with van der Waals surface area (Å²) >= 11 is 4.41. The second kappa shape index (κ2) is 12.4. The minimum absolute atomic E-state index is 0.00932. The van der Waals surface area contributed by atoms with Crippen LogP contribution in [0.1, 0.15) is 47.7 Å². The predicted molar refractivity (Wildman–Crippen MR) is 151 cm³/mol. The summed E-state index contributed by atoms with van der Waals surface area (Å²) in [5, 5.41) is 0. The van der Waals surface area contributed by atoms with Gasteiger partial charge in [-0.15, -0.1) is 12.6 Å². The Kier molecular flexibility index (Phi) is 9.05. The molecule has 1 unspecified atom stereocenters. The average Bonchev–Trinajstić information content (AvgIpc) is 2.84. The Morgan fingerprint density at radius 3 is 2.57 bits per heavy atom. The Morgan fingerprint density at radius 1 is 1.08 bits per heavy atom. The number of nitrogens with two attached hydrogens (primary N) is 1. The maximum atomic E-state index is 13.4. The van der Waals surface area contributed by atoms with Crippen molar-refractivity contribution in [2.24, 2.45) is 0 Å². The quantitative estimate of drug-likeness (QED) is 0.426. The van der Waals surface area contributed by atoms with Crippen LogP contribution in [0.5, 0.6) is 5.88 Å². The smallest absolute Gasteiger partial charge is 0.254 e. The summed E-state index contributed by atoms with van der Waals surface area (Å²) in [6, 6.07) is 15.4. The first kappa shape index (κ1) is 26.9. The monoisotopic (exact) mass is 519 g/mol. The number of anilines is 1. The van der Waals surface area contributed by atoms with Crippen LogP contribution in [0.25, 0.3) is 11.3 Å². The molecule has 1 aliphatic rings. The zero-order valence-electron chi connectivity index (χ0n) is 22.0. The molecule has 1 amide bonds. The number of ether oxygens (including phenoxy) is 1. The summed E-state index contributed by atoms with van der Waals surface area (Å²) in [7, 11) is 0. The number of unbranched alkanes of at least 4 members (excludes halogenated alkanes) is 1. The van der Waals surface area contributed by atoms with Crippen LogP contribution in [-0.4, -0.2) is 64.5 Å². The van der Waals surface area contributed by atoms with E-state index in [0.29, 0.717) is 31.1 Å². The molecule has 0 spiro atoms. The number of amides is 1. The lowest BCUT2D eigenvalue weighted by Gasteiger charge is -2.35. The van der Waals surface area contributed by atoms with E-state index in [-0.39, 0.29) is 18.0 Å². The van der Waals surface area contributed by atoms with E-state index in [9.17, 15) is 4.79 Å². The average molecular weight is 520 g/mol. The molecule has 1 aromatic heterocycles. The molecule has 0 aliphatic carbocycles. The highest BCUT2D eigenvalue weighted by atomic mass is 32.1. The number of carbonyl (C=O) groups excluding carboxylic acids is 1. The molecule has 7 nitrogen and oxygen atoms in total. The molecule has 2 N–H and O–H groups in total. The van der Waals surface area contributed by atoms with Crippen molar-refractivity contribution in [3.8, 4) is 17.1 Å². The predicted octanol–water partition coefficient (Wildman–Crippen LogP) is 5.03. The summed E-state index contributed by atoms with van der Waals surface area (Å²) in [6.07, 6.45) is 2.91. The van der Waals surface area contributed by atoms with Gasteiger partial charge in [-0.05, 0) is 69.1 Å². The number of nitrogen functional groups attached to an aromatic ring is 1. The Hall–Kier alpha value is -3.10. The molecule has 4 rings (SSSR count). The van der Waals surface area contributed by atoms with Gasteiger partial charge in [-0.2, -0.15) is 4.98 Å². The van der Waals surface area contributed by atoms with E-state index in [0.717, 1.165) is 59.6 Å². The van der Waals surface area contributed by atoms with Gasteiger partial charge in [0.15, 0.2) is 0 Å². The minimum atomic E-state index is -0.264. The maximum Gasteiger partial charge on any atom is 0.254 e. The van der Waals surface area contributed by atoms with Crippen molar-refractivity contribution in [3.63, 3.8) is 0 Å². The Morgan fingerprint density at radius 2 is 1.84 bits per heavy atom. The van der Waals surface area contributed by atoms with Gasteiger partial charge >= 0.3 is 0 Å². The lowest BCUT2D eigenvalue weighted by atomic mass is 10.00. The van der Waals surface area contributed by atoms with Crippen molar-refractivity contribution in [3.05, 3.63) is 65.2 Å². The van der Waals surface area contributed by atoms with Crippen LogP contribution in [0.4, 0.5) is 5.95 Å². The molecule has 0 bridgehead atoms. The molecule has 3 aromatic rings. The number of aryl methyl sites for hydroxylation is 2. The highest BCUT2D eigenvalue weighted by Gasteiger charge is 2.27. The fourth-order valence-electron chi connectivity index (χ4n) is 4.95. The van der Waals surface area contributed by atoms with Crippen LogP contribution >= 0.6 is 12.6 Å². The molecule has 2 heterocycles. The van der Waals surface area contributed by atoms with Crippen LogP contribution in [0.15, 0.2) is 53.4 Å². The summed E-state index contributed by atoms with van der Waals surface area (Å²) in [5.41, 5.74) is 10.8. The first-order valence-corrected chi connectivity index (χ1v) is 13.5. The standard InChI is InChI=1S/C29H37N5O2S/c1-4-5-13-33-14-8-15-34(28(35)22-11-7-12-24(37)16-22)19-23(18-33)36-26-17-25(31-29(30)32-26)27-20(2)9-6-10-21(27)3/h6-7,9-12,16-17,23,37H,4-5,8,13-15,18-19H2,1-3H3,(H2,30,31,32). The third-order valence-corrected chi connectivity index (χ3v) is 7.02. The van der Waals surface area contributed by atoms with Gasteiger partial charge in [0.05, 0.1) is 12.2 Å². The second-order valence-electron chi connectivity index (χ2n) is 9.77. The number of hydrogen-bond donors (Lipinski definition) is 2. The Balaban J connectivity index is 1.61. The number of nitrogens with zero attached hydrogens (tertiary/aromatic N) is 4. The van der Waals surface area contributed by atoms with Crippen molar-refractivity contribution >= 4 is 24.5 Å². The van der Waals surface area contributed by atoms with Crippen LogP contribution in [0.2, 0.25) is 0 Å². The molecule has 0 saturated carbocycles. The van der Waals surface area contributed by atoms with Gasteiger partial charge < -0.3 is 15.4 Å². The van der Waals surface area contributed by atoms with E-state index < -0.39 is 0 Å². The molecule has 0 radical (unpaired) electrons. The number of benzene rings is 2. The molecule has 196 valence electrons. The molecule has 8 heteroatoms. The number of carbonyl (C=O) groups is 1. The second-order valence-corrected chi connectivity index (χ2v) is 10.3. The lowest BCUT2D eigenvalue weighted by Crippen LogP contribution is -2.49. The molecule has 37 heavy (non-hydrogen) atoms. The molecular formula is C29H37N5O2S. The van der Waals surface area contributed by atoms with Crippen LogP contribution in [-0.2, 0) is 0 Å². The number of rotatable bonds is 7. The summed E-state index contributed by atoms with van der Waals surface area (Å²) in [5.74, 6) is 0.586. The molecular weight excluding hydrogens is 482 g/mol. The first-order valence-electron chi connectivity index (χ1n) is 13.0. The summed E-state index contributed by atoms with van der Waals surface area (Å²) in [6.45, 7) is 10.1. The van der Waals surface area contributed by atoms with Crippen molar-refractivity contribution in [2.45, 2.75) is 51.0 Å². The number of aromatic nitrogens is 2. The molecule has 1 atom stereocenters. The van der Waals surface area contributed by atoms with Gasteiger partial charge in [-0.1, -0.05) is 37.6 Å². The zero-order valence-corrected chi connectivity index (χ0v) is 22.9. The molecule has 1 fully saturated rings. The minimum Gasteiger partial charge on any atom is -0.471 e. The van der Waals surface area contributed by atoms with E-state index in [2.05, 4.69) is 60.4 Å². The number of thiol groups is 1. The summed E-state index contributed by atoms with van der Waals surface area (Å²) < 4.78 is 6.48. The normalized spacial score (nSPS) is 16.8. The third-order valence-electron chi connectivity index (χ3n) is 6.74. The van der Waals surface area contributed by atoms with E-state index in [1.54, 1.807) is 0 Å². The van der Waals surface area contributed by atoms with Gasteiger partial charge in [-0.25, -0.2) is 4.98 Å². The highest BCUT2D eigenvalue weighted by Crippen LogP contribution is 2.28. The van der Waals surface area contributed by atoms with Crippen LogP contribution in [0, 0.1) is 13.8 Å². The zero-order chi connectivity index (χ0) is 26.4.